The van der Waals surface area contributed by atoms with Gasteiger partial charge in [-0.25, -0.2) is 9.78 Å². The van der Waals surface area contributed by atoms with Gasteiger partial charge in [0.15, 0.2) is 0 Å². The number of rotatable bonds is 4. The number of pyridine rings is 1. The molecule has 0 saturated carbocycles. The van der Waals surface area contributed by atoms with Crippen LogP contribution in [0.2, 0.25) is 0 Å². The highest BCUT2D eigenvalue weighted by atomic mass is 16.6. The van der Waals surface area contributed by atoms with Crippen LogP contribution in [0, 0.1) is 0 Å². The topological polar surface area (TPSA) is 48.9 Å². The van der Waals surface area contributed by atoms with Gasteiger partial charge in [-0.1, -0.05) is 19.4 Å². The Morgan fingerprint density at radius 1 is 1.14 bits per heavy atom. The molecule has 1 atom stereocenters. The van der Waals surface area contributed by atoms with Crippen molar-refractivity contribution in [2.75, 3.05) is 44.2 Å². The molecule has 28 heavy (non-hydrogen) atoms. The predicted octanol–water partition coefficient (Wildman–Crippen LogP) is 4.08. The average molecular weight is 389 g/mol. The molecule has 3 heterocycles. The number of amides is 1. The zero-order valence-electron chi connectivity index (χ0n) is 18.0. The molecule has 6 nitrogen and oxygen atoms in total. The predicted molar refractivity (Wildman–Crippen MR) is 113 cm³/mol. The Hall–Kier alpha value is -1.82. The molecule has 2 aliphatic heterocycles. The van der Waals surface area contributed by atoms with Crippen molar-refractivity contribution >= 4 is 11.9 Å². The minimum Gasteiger partial charge on any atom is -0.444 e. The fraction of sp³-hybridized carbons (Fsp3) is 0.727. The van der Waals surface area contributed by atoms with Gasteiger partial charge in [-0.15, -0.1) is 0 Å². The fourth-order valence-corrected chi connectivity index (χ4v) is 4.15. The highest BCUT2D eigenvalue weighted by Gasteiger charge is 2.27. The maximum atomic E-state index is 12.2. The van der Waals surface area contributed by atoms with Crippen molar-refractivity contribution in [3.8, 4) is 0 Å². The van der Waals surface area contributed by atoms with Crippen LogP contribution in [0.4, 0.5) is 10.6 Å². The zero-order chi connectivity index (χ0) is 20.1. The van der Waals surface area contributed by atoms with E-state index in [1.807, 2.05) is 20.8 Å². The van der Waals surface area contributed by atoms with Crippen molar-refractivity contribution in [1.29, 1.82) is 0 Å². The number of ether oxygens (including phenoxy) is 1. The lowest BCUT2D eigenvalue weighted by Crippen LogP contribution is -2.50. The molecule has 1 aromatic heterocycles. The number of carbonyl (C=O) groups excluding carboxylic acids is 1. The van der Waals surface area contributed by atoms with E-state index in [9.17, 15) is 4.79 Å². The smallest absolute Gasteiger partial charge is 0.410 e. The van der Waals surface area contributed by atoms with E-state index in [1.54, 1.807) is 4.90 Å². The first kappa shape index (κ1) is 20.9. The monoisotopic (exact) mass is 388 g/mol. The van der Waals surface area contributed by atoms with Crippen molar-refractivity contribution in [1.82, 2.24) is 14.8 Å². The second-order valence-corrected chi connectivity index (χ2v) is 8.95. The third kappa shape index (κ3) is 5.37. The molecule has 1 aromatic rings. The number of likely N-dealkylation sites (tertiary alicyclic amines) is 1. The maximum absolute atomic E-state index is 12.2. The molecule has 2 aliphatic rings. The Morgan fingerprint density at radius 3 is 2.50 bits per heavy atom. The number of piperazine rings is 1. The minimum atomic E-state index is -0.448. The van der Waals surface area contributed by atoms with Crippen molar-refractivity contribution in [2.24, 2.45) is 0 Å². The Kier molecular flexibility index (Phi) is 6.81. The third-order valence-electron chi connectivity index (χ3n) is 5.54. The SMILES string of the molecule is CCCN1CCCC[C@@H]1c1ccc(N2CCN(C(=O)OC(C)(C)C)CC2)nc1. The molecular weight excluding hydrogens is 352 g/mol. The molecule has 2 fully saturated rings. The lowest BCUT2D eigenvalue weighted by Gasteiger charge is -2.37. The Morgan fingerprint density at radius 2 is 1.89 bits per heavy atom. The third-order valence-corrected chi connectivity index (χ3v) is 5.54. The summed E-state index contributed by atoms with van der Waals surface area (Å²) >= 11 is 0. The van der Waals surface area contributed by atoms with E-state index in [4.69, 9.17) is 9.72 Å². The molecule has 0 aromatic carbocycles. The second-order valence-electron chi connectivity index (χ2n) is 8.95. The minimum absolute atomic E-state index is 0.219. The van der Waals surface area contributed by atoms with Crippen LogP contribution < -0.4 is 4.90 Å². The van der Waals surface area contributed by atoms with Gasteiger partial charge >= 0.3 is 6.09 Å². The number of hydrogen-bond donors (Lipinski definition) is 0. The number of aromatic nitrogens is 1. The average Bonchev–Trinajstić information content (AvgIpc) is 2.68. The van der Waals surface area contributed by atoms with Crippen LogP contribution >= 0.6 is 0 Å². The molecule has 156 valence electrons. The van der Waals surface area contributed by atoms with Crippen LogP contribution in [0.1, 0.15) is 65.0 Å². The lowest BCUT2D eigenvalue weighted by molar-refractivity contribution is 0.0240. The van der Waals surface area contributed by atoms with Gasteiger partial charge in [-0.05, 0) is 64.8 Å². The quantitative estimate of drug-likeness (QED) is 0.778. The highest BCUT2D eigenvalue weighted by molar-refractivity contribution is 5.68. The summed E-state index contributed by atoms with van der Waals surface area (Å²) in [7, 11) is 0. The van der Waals surface area contributed by atoms with Crippen molar-refractivity contribution in [3.63, 3.8) is 0 Å². The van der Waals surface area contributed by atoms with Gasteiger partial charge in [0.05, 0.1) is 0 Å². The summed E-state index contributed by atoms with van der Waals surface area (Å²) in [5.41, 5.74) is 0.889. The molecular formula is C22H36N4O2. The van der Waals surface area contributed by atoms with Gasteiger partial charge < -0.3 is 14.5 Å². The molecule has 1 amide bonds. The van der Waals surface area contributed by atoms with E-state index in [2.05, 4.69) is 35.1 Å². The number of hydrogen-bond acceptors (Lipinski definition) is 5. The Bertz CT molecular complexity index is 631. The van der Waals surface area contributed by atoms with Crippen molar-refractivity contribution < 1.29 is 9.53 Å². The van der Waals surface area contributed by atoms with Crippen LogP contribution in [0.15, 0.2) is 18.3 Å². The molecule has 0 N–H and O–H groups in total. The van der Waals surface area contributed by atoms with E-state index in [0.29, 0.717) is 19.1 Å². The summed E-state index contributed by atoms with van der Waals surface area (Å²) in [6.45, 7) is 13.3. The fourth-order valence-electron chi connectivity index (χ4n) is 4.15. The van der Waals surface area contributed by atoms with E-state index in [1.165, 1.54) is 44.3 Å². The summed E-state index contributed by atoms with van der Waals surface area (Å²) in [6, 6.07) is 4.91. The molecule has 0 radical (unpaired) electrons. The van der Waals surface area contributed by atoms with Crippen molar-refractivity contribution in [2.45, 2.75) is 65.0 Å². The van der Waals surface area contributed by atoms with Gasteiger partial charge in [0, 0.05) is 38.4 Å². The van der Waals surface area contributed by atoms with Gasteiger partial charge in [-0.3, -0.25) is 4.90 Å². The Labute approximate surface area is 169 Å². The van der Waals surface area contributed by atoms with E-state index < -0.39 is 5.60 Å². The molecule has 6 heteroatoms. The largest absolute Gasteiger partial charge is 0.444 e. The molecule has 0 spiro atoms. The molecule has 0 unspecified atom stereocenters. The first-order valence-corrected chi connectivity index (χ1v) is 10.8. The first-order valence-electron chi connectivity index (χ1n) is 10.8. The lowest BCUT2D eigenvalue weighted by atomic mass is 9.96. The normalized spacial score (nSPS) is 21.6. The molecule has 0 aliphatic carbocycles. The summed E-state index contributed by atoms with van der Waals surface area (Å²) < 4.78 is 5.48. The summed E-state index contributed by atoms with van der Waals surface area (Å²) in [6.07, 6.45) is 6.89. The molecule has 3 rings (SSSR count). The summed E-state index contributed by atoms with van der Waals surface area (Å²) in [5.74, 6) is 1.01. The van der Waals surface area contributed by atoms with Crippen LogP contribution in [-0.4, -0.2) is 65.7 Å². The van der Waals surface area contributed by atoms with Gasteiger partial charge in [0.1, 0.15) is 11.4 Å². The highest BCUT2D eigenvalue weighted by Crippen LogP contribution is 2.31. The van der Waals surface area contributed by atoms with Gasteiger partial charge in [0.2, 0.25) is 0 Å². The maximum Gasteiger partial charge on any atom is 0.410 e. The summed E-state index contributed by atoms with van der Waals surface area (Å²) in [5, 5.41) is 0. The second kappa shape index (κ2) is 9.12. The van der Waals surface area contributed by atoms with Crippen LogP contribution in [0.25, 0.3) is 0 Å². The number of anilines is 1. The van der Waals surface area contributed by atoms with E-state index in [-0.39, 0.29) is 6.09 Å². The number of nitrogens with zero attached hydrogens (tertiary/aromatic N) is 4. The standard InChI is InChI=1S/C22H36N4O2/c1-5-11-24-12-7-6-8-19(24)18-9-10-20(23-17-18)25-13-15-26(16-14-25)21(27)28-22(2,3)4/h9-10,17,19H,5-8,11-16H2,1-4H3/t19-/m1/s1. The van der Waals surface area contributed by atoms with Crippen LogP contribution in [0.5, 0.6) is 0 Å². The summed E-state index contributed by atoms with van der Waals surface area (Å²) in [4.78, 5) is 23.7. The number of carbonyl (C=O) groups is 1. The van der Waals surface area contributed by atoms with E-state index >= 15 is 0 Å². The Balaban J connectivity index is 1.57. The van der Waals surface area contributed by atoms with Crippen molar-refractivity contribution in [3.05, 3.63) is 23.9 Å². The molecule has 0 bridgehead atoms. The van der Waals surface area contributed by atoms with Gasteiger partial charge in [-0.2, -0.15) is 0 Å². The zero-order valence-corrected chi connectivity index (χ0v) is 18.0. The number of piperidine rings is 1. The van der Waals surface area contributed by atoms with E-state index in [0.717, 1.165) is 18.9 Å². The van der Waals surface area contributed by atoms with Crippen LogP contribution in [0.3, 0.4) is 0 Å². The van der Waals surface area contributed by atoms with Gasteiger partial charge in [0.25, 0.3) is 0 Å². The first-order chi connectivity index (χ1) is 13.4. The van der Waals surface area contributed by atoms with Crippen LogP contribution in [-0.2, 0) is 4.74 Å². The molecule has 2 saturated heterocycles.